The molecular formula is C17H27NO. The number of aryl methyl sites for hydroxylation is 2. The first-order valence-electron chi connectivity index (χ1n) is 7.43. The minimum absolute atomic E-state index is 0.123. The molecule has 2 rings (SSSR count). The van der Waals surface area contributed by atoms with Crippen molar-refractivity contribution in [3.8, 4) is 0 Å². The molecule has 1 aliphatic heterocycles. The van der Waals surface area contributed by atoms with Crippen LogP contribution in [0, 0.1) is 19.8 Å². The van der Waals surface area contributed by atoms with Crippen LogP contribution in [-0.4, -0.2) is 23.8 Å². The summed E-state index contributed by atoms with van der Waals surface area (Å²) in [5, 5.41) is 9.30. The van der Waals surface area contributed by atoms with E-state index in [1.807, 2.05) is 0 Å². The van der Waals surface area contributed by atoms with Gasteiger partial charge in [0.2, 0.25) is 0 Å². The van der Waals surface area contributed by atoms with E-state index >= 15 is 0 Å². The minimum Gasteiger partial charge on any atom is -0.396 e. The van der Waals surface area contributed by atoms with Gasteiger partial charge in [-0.3, -0.25) is 0 Å². The lowest BCUT2D eigenvalue weighted by Crippen LogP contribution is -2.54. The van der Waals surface area contributed by atoms with Gasteiger partial charge in [0.1, 0.15) is 0 Å². The zero-order chi connectivity index (χ0) is 14.0. The van der Waals surface area contributed by atoms with E-state index in [4.69, 9.17) is 0 Å². The first-order chi connectivity index (χ1) is 8.98. The number of anilines is 1. The van der Waals surface area contributed by atoms with E-state index in [0.717, 1.165) is 13.0 Å². The maximum absolute atomic E-state index is 9.30. The van der Waals surface area contributed by atoms with Crippen LogP contribution < -0.4 is 4.90 Å². The molecule has 0 bridgehead atoms. The van der Waals surface area contributed by atoms with E-state index in [9.17, 15) is 5.11 Å². The SMILES string of the molecule is Cc1cccc(C)c1N1CCCC(CCO)C1(C)C. The fourth-order valence-electron chi connectivity index (χ4n) is 3.64. The van der Waals surface area contributed by atoms with Gasteiger partial charge in [-0.15, -0.1) is 0 Å². The molecule has 2 nitrogen and oxygen atoms in total. The molecule has 19 heavy (non-hydrogen) atoms. The monoisotopic (exact) mass is 261 g/mol. The molecule has 1 aromatic rings. The quantitative estimate of drug-likeness (QED) is 0.897. The molecule has 1 unspecified atom stereocenters. The lowest BCUT2D eigenvalue weighted by atomic mass is 9.76. The number of benzene rings is 1. The normalized spacial score (nSPS) is 22.6. The fourth-order valence-corrected chi connectivity index (χ4v) is 3.64. The number of para-hydroxylation sites is 1. The van der Waals surface area contributed by atoms with Crippen molar-refractivity contribution in [2.75, 3.05) is 18.1 Å². The molecule has 0 spiro atoms. The van der Waals surface area contributed by atoms with E-state index in [-0.39, 0.29) is 5.54 Å². The predicted octanol–water partition coefficient (Wildman–Crippen LogP) is 3.68. The van der Waals surface area contributed by atoms with Crippen molar-refractivity contribution in [2.45, 2.75) is 52.5 Å². The van der Waals surface area contributed by atoms with Gasteiger partial charge in [0.25, 0.3) is 0 Å². The van der Waals surface area contributed by atoms with Crippen LogP contribution in [0.15, 0.2) is 18.2 Å². The Kier molecular flexibility index (Phi) is 4.19. The zero-order valence-electron chi connectivity index (χ0n) is 12.7. The van der Waals surface area contributed by atoms with Gasteiger partial charge in [0.05, 0.1) is 0 Å². The van der Waals surface area contributed by atoms with Gasteiger partial charge in [-0.1, -0.05) is 18.2 Å². The molecular weight excluding hydrogens is 234 g/mol. The van der Waals surface area contributed by atoms with Crippen LogP contribution >= 0.6 is 0 Å². The van der Waals surface area contributed by atoms with E-state index in [2.05, 4.69) is 50.8 Å². The Morgan fingerprint density at radius 1 is 1.26 bits per heavy atom. The van der Waals surface area contributed by atoms with E-state index < -0.39 is 0 Å². The Hall–Kier alpha value is -1.02. The number of aliphatic hydroxyl groups is 1. The fraction of sp³-hybridized carbons (Fsp3) is 0.647. The molecule has 106 valence electrons. The summed E-state index contributed by atoms with van der Waals surface area (Å²) in [6.45, 7) is 10.5. The molecule has 1 N–H and O–H groups in total. The van der Waals surface area contributed by atoms with Crippen molar-refractivity contribution in [2.24, 2.45) is 5.92 Å². The third-order valence-electron chi connectivity index (χ3n) is 4.82. The molecule has 0 radical (unpaired) electrons. The van der Waals surface area contributed by atoms with E-state index in [1.54, 1.807) is 0 Å². The molecule has 1 saturated heterocycles. The summed E-state index contributed by atoms with van der Waals surface area (Å²) >= 11 is 0. The molecule has 1 fully saturated rings. The van der Waals surface area contributed by atoms with Crippen LogP contribution in [0.25, 0.3) is 0 Å². The second kappa shape index (κ2) is 5.54. The highest BCUT2D eigenvalue weighted by molar-refractivity contribution is 5.60. The van der Waals surface area contributed by atoms with Gasteiger partial charge in [0.15, 0.2) is 0 Å². The van der Waals surface area contributed by atoms with Crippen LogP contribution in [0.5, 0.6) is 0 Å². The number of hydrogen-bond acceptors (Lipinski definition) is 2. The summed E-state index contributed by atoms with van der Waals surface area (Å²) in [6, 6.07) is 6.54. The van der Waals surface area contributed by atoms with E-state index in [1.165, 1.54) is 29.7 Å². The molecule has 1 heterocycles. The van der Waals surface area contributed by atoms with Crippen molar-refractivity contribution in [3.05, 3.63) is 29.3 Å². The Labute approximate surface area is 117 Å². The van der Waals surface area contributed by atoms with Gasteiger partial charge in [-0.25, -0.2) is 0 Å². The van der Waals surface area contributed by atoms with Crippen LogP contribution in [-0.2, 0) is 0 Å². The van der Waals surface area contributed by atoms with Crippen molar-refractivity contribution in [1.82, 2.24) is 0 Å². The predicted molar refractivity (Wildman–Crippen MR) is 81.8 cm³/mol. The Balaban J connectivity index is 2.38. The Morgan fingerprint density at radius 2 is 1.89 bits per heavy atom. The number of hydrogen-bond donors (Lipinski definition) is 1. The number of aliphatic hydroxyl groups excluding tert-OH is 1. The van der Waals surface area contributed by atoms with Gasteiger partial charge in [0, 0.05) is 24.4 Å². The van der Waals surface area contributed by atoms with Crippen molar-refractivity contribution < 1.29 is 5.11 Å². The summed E-state index contributed by atoms with van der Waals surface area (Å²) < 4.78 is 0. The summed E-state index contributed by atoms with van der Waals surface area (Å²) in [7, 11) is 0. The highest BCUT2D eigenvalue weighted by Gasteiger charge is 2.38. The lowest BCUT2D eigenvalue weighted by Gasteiger charge is -2.50. The summed E-state index contributed by atoms with van der Waals surface area (Å²) in [4.78, 5) is 2.57. The highest BCUT2D eigenvalue weighted by Crippen LogP contribution is 2.40. The van der Waals surface area contributed by atoms with Crippen LogP contribution in [0.1, 0.15) is 44.2 Å². The summed E-state index contributed by atoms with van der Waals surface area (Å²) in [5.74, 6) is 0.574. The average Bonchev–Trinajstić information content (AvgIpc) is 2.33. The third kappa shape index (κ3) is 2.64. The number of piperidine rings is 1. The smallest absolute Gasteiger partial charge is 0.0434 e. The highest BCUT2D eigenvalue weighted by atomic mass is 16.3. The molecule has 0 aromatic heterocycles. The van der Waals surface area contributed by atoms with Crippen molar-refractivity contribution in [3.63, 3.8) is 0 Å². The van der Waals surface area contributed by atoms with Crippen molar-refractivity contribution in [1.29, 1.82) is 0 Å². The Morgan fingerprint density at radius 3 is 2.47 bits per heavy atom. The molecule has 1 aromatic carbocycles. The van der Waals surface area contributed by atoms with Crippen molar-refractivity contribution >= 4 is 5.69 Å². The second-order valence-electron chi connectivity index (χ2n) is 6.40. The maximum Gasteiger partial charge on any atom is 0.0434 e. The topological polar surface area (TPSA) is 23.5 Å². The lowest BCUT2D eigenvalue weighted by molar-refractivity contribution is 0.176. The Bertz CT molecular complexity index is 417. The molecule has 0 saturated carbocycles. The van der Waals surface area contributed by atoms with E-state index in [0.29, 0.717) is 12.5 Å². The second-order valence-corrected chi connectivity index (χ2v) is 6.40. The molecule has 1 atom stereocenters. The molecule has 0 aliphatic carbocycles. The first-order valence-corrected chi connectivity index (χ1v) is 7.43. The largest absolute Gasteiger partial charge is 0.396 e. The third-order valence-corrected chi connectivity index (χ3v) is 4.82. The van der Waals surface area contributed by atoms with Gasteiger partial charge >= 0.3 is 0 Å². The van der Waals surface area contributed by atoms with Crippen LogP contribution in [0.2, 0.25) is 0 Å². The zero-order valence-corrected chi connectivity index (χ0v) is 12.7. The molecule has 2 heteroatoms. The minimum atomic E-state index is 0.123. The number of rotatable bonds is 3. The summed E-state index contributed by atoms with van der Waals surface area (Å²) in [6.07, 6.45) is 3.37. The van der Waals surface area contributed by atoms with Crippen LogP contribution in [0.4, 0.5) is 5.69 Å². The van der Waals surface area contributed by atoms with Crippen LogP contribution in [0.3, 0.4) is 0 Å². The van der Waals surface area contributed by atoms with Gasteiger partial charge < -0.3 is 10.0 Å². The first kappa shape index (κ1) is 14.4. The number of nitrogens with zero attached hydrogens (tertiary/aromatic N) is 1. The van der Waals surface area contributed by atoms with Gasteiger partial charge in [-0.05, 0) is 64.0 Å². The molecule has 0 amide bonds. The maximum atomic E-state index is 9.30. The summed E-state index contributed by atoms with van der Waals surface area (Å²) in [5.41, 5.74) is 4.24. The van der Waals surface area contributed by atoms with Gasteiger partial charge in [-0.2, -0.15) is 0 Å². The standard InChI is InChI=1S/C17H27NO/c1-13-7-5-8-14(2)16(13)18-11-6-9-15(10-12-19)17(18,3)4/h5,7-8,15,19H,6,9-12H2,1-4H3. The molecule has 1 aliphatic rings. The average molecular weight is 261 g/mol.